The third-order valence-corrected chi connectivity index (χ3v) is 7.94. The molecule has 2 aromatic carbocycles. The van der Waals surface area contributed by atoms with Crippen molar-refractivity contribution in [2.24, 2.45) is 5.92 Å². The molecule has 37 heavy (non-hydrogen) atoms. The third kappa shape index (κ3) is 8.06. The van der Waals surface area contributed by atoms with Crippen LogP contribution in [0.4, 0.5) is 0 Å². The molecule has 7 heteroatoms. The molecule has 0 radical (unpaired) electrons. The second-order valence-corrected chi connectivity index (χ2v) is 10.9. The van der Waals surface area contributed by atoms with Crippen LogP contribution in [-0.4, -0.2) is 54.4 Å². The minimum atomic E-state index is -0.709. The van der Waals surface area contributed by atoms with Crippen molar-refractivity contribution in [3.8, 4) is 11.1 Å². The van der Waals surface area contributed by atoms with Gasteiger partial charge in [0.25, 0.3) is 5.91 Å². The standard InChI is InChI=1S/C30H41NO5S/c1-20-10-8-9-13-24(20)26-18-22(19-36-21(2)28(32)23-11-6-5-7-12-23)14-15-25(26)29(33)31-27(16-17-37-4)30(34)35-3/h8-10,13-15,18,21,23,27-28,32H,5-7,11-12,16-17,19H2,1-4H3,(H,31,33)/t21?,27-,28?/m0/s1. The Bertz CT molecular complexity index is 1040. The summed E-state index contributed by atoms with van der Waals surface area (Å²) in [6.45, 7) is 4.29. The van der Waals surface area contributed by atoms with E-state index in [1.165, 1.54) is 26.4 Å². The van der Waals surface area contributed by atoms with Gasteiger partial charge in [-0.25, -0.2) is 4.79 Å². The SMILES string of the molecule is COC(=O)[C@H](CCSC)NC(=O)c1ccc(COC(C)C(O)C2CCCCC2)cc1-c1ccccc1C. The molecule has 1 aliphatic rings. The van der Waals surface area contributed by atoms with E-state index in [0.29, 0.717) is 24.5 Å². The maximum Gasteiger partial charge on any atom is 0.328 e. The summed E-state index contributed by atoms with van der Waals surface area (Å²) in [5.41, 5.74) is 4.19. The van der Waals surface area contributed by atoms with Crippen molar-refractivity contribution in [1.29, 1.82) is 0 Å². The number of hydrogen-bond acceptors (Lipinski definition) is 6. The lowest BCUT2D eigenvalue weighted by molar-refractivity contribution is -0.142. The van der Waals surface area contributed by atoms with Gasteiger partial charge < -0.3 is 19.9 Å². The summed E-state index contributed by atoms with van der Waals surface area (Å²) in [7, 11) is 1.33. The molecule has 202 valence electrons. The normalized spacial score (nSPS) is 16.6. The summed E-state index contributed by atoms with van der Waals surface area (Å²) in [5.74, 6) is 0.260. The number of aliphatic hydroxyl groups excluding tert-OH is 1. The first-order valence-corrected chi connectivity index (χ1v) is 14.6. The van der Waals surface area contributed by atoms with Crippen LogP contribution in [0.15, 0.2) is 42.5 Å². The van der Waals surface area contributed by atoms with Gasteiger partial charge in [-0.15, -0.1) is 0 Å². The molecule has 1 aliphatic carbocycles. The number of ether oxygens (including phenoxy) is 2. The van der Waals surface area contributed by atoms with Gasteiger partial charge >= 0.3 is 5.97 Å². The van der Waals surface area contributed by atoms with Crippen LogP contribution in [0.25, 0.3) is 11.1 Å². The van der Waals surface area contributed by atoms with Gasteiger partial charge in [-0.1, -0.05) is 49.6 Å². The fourth-order valence-electron chi connectivity index (χ4n) is 5.03. The zero-order valence-corrected chi connectivity index (χ0v) is 23.3. The zero-order chi connectivity index (χ0) is 26.8. The van der Waals surface area contributed by atoms with E-state index >= 15 is 0 Å². The van der Waals surface area contributed by atoms with E-state index in [1.54, 1.807) is 17.8 Å². The molecule has 2 unspecified atom stereocenters. The Morgan fingerprint density at radius 3 is 2.51 bits per heavy atom. The topological polar surface area (TPSA) is 84.9 Å². The number of carbonyl (C=O) groups is 2. The number of aryl methyl sites for hydroxylation is 1. The highest BCUT2D eigenvalue weighted by Crippen LogP contribution is 2.31. The van der Waals surface area contributed by atoms with Gasteiger partial charge in [0.05, 0.1) is 25.9 Å². The number of nitrogens with one attached hydrogen (secondary N) is 1. The van der Waals surface area contributed by atoms with Crippen LogP contribution in [0, 0.1) is 12.8 Å². The van der Waals surface area contributed by atoms with Gasteiger partial charge in [-0.2, -0.15) is 11.8 Å². The second-order valence-electron chi connectivity index (χ2n) is 9.93. The van der Waals surface area contributed by atoms with Crippen molar-refractivity contribution >= 4 is 23.6 Å². The van der Waals surface area contributed by atoms with Crippen molar-refractivity contribution < 1.29 is 24.2 Å². The molecule has 0 heterocycles. The van der Waals surface area contributed by atoms with Crippen LogP contribution in [0.5, 0.6) is 0 Å². The first-order chi connectivity index (χ1) is 17.8. The predicted molar refractivity (Wildman–Crippen MR) is 150 cm³/mol. The summed E-state index contributed by atoms with van der Waals surface area (Å²) in [5, 5.41) is 13.7. The molecule has 1 amide bonds. The van der Waals surface area contributed by atoms with Gasteiger partial charge in [0.1, 0.15) is 6.04 Å². The Morgan fingerprint density at radius 2 is 1.84 bits per heavy atom. The molecule has 1 fully saturated rings. The highest BCUT2D eigenvalue weighted by Gasteiger charge is 2.27. The van der Waals surface area contributed by atoms with Gasteiger partial charge in [0.15, 0.2) is 0 Å². The lowest BCUT2D eigenvalue weighted by Crippen LogP contribution is -2.42. The van der Waals surface area contributed by atoms with Crippen LogP contribution in [0.3, 0.4) is 0 Å². The largest absolute Gasteiger partial charge is 0.467 e. The molecule has 3 rings (SSSR count). The van der Waals surface area contributed by atoms with Crippen molar-refractivity contribution in [3.05, 3.63) is 59.2 Å². The number of methoxy groups -OCH3 is 1. The quantitative estimate of drug-likeness (QED) is 0.353. The van der Waals surface area contributed by atoms with Crippen molar-refractivity contribution in [1.82, 2.24) is 5.32 Å². The van der Waals surface area contributed by atoms with Crippen molar-refractivity contribution in [2.75, 3.05) is 19.1 Å². The van der Waals surface area contributed by atoms with Gasteiger partial charge in [-0.3, -0.25) is 4.79 Å². The minimum absolute atomic E-state index is 0.273. The van der Waals surface area contributed by atoms with Crippen LogP contribution >= 0.6 is 11.8 Å². The number of esters is 1. The number of thioether (sulfide) groups is 1. The molecule has 0 aromatic heterocycles. The number of carbonyl (C=O) groups excluding carboxylic acids is 2. The average Bonchev–Trinajstić information content (AvgIpc) is 2.93. The molecule has 0 spiro atoms. The molecule has 0 saturated heterocycles. The Balaban J connectivity index is 1.82. The van der Waals surface area contributed by atoms with Gasteiger partial charge in [-0.05, 0) is 85.4 Å². The number of aliphatic hydroxyl groups is 1. The average molecular weight is 528 g/mol. The molecule has 6 nitrogen and oxygen atoms in total. The lowest BCUT2D eigenvalue weighted by Gasteiger charge is -2.30. The van der Waals surface area contributed by atoms with E-state index in [-0.39, 0.29) is 12.0 Å². The molecular weight excluding hydrogens is 486 g/mol. The van der Waals surface area contributed by atoms with E-state index in [4.69, 9.17) is 9.47 Å². The van der Waals surface area contributed by atoms with E-state index < -0.39 is 18.1 Å². The van der Waals surface area contributed by atoms with Crippen LogP contribution < -0.4 is 5.32 Å². The Morgan fingerprint density at radius 1 is 1.11 bits per heavy atom. The van der Waals surface area contributed by atoms with E-state index in [0.717, 1.165) is 40.8 Å². The predicted octanol–water partition coefficient (Wildman–Crippen LogP) is 5.53. The Kier molecular flexibility index (Phi) is 11.5. The van der Waals surface area contributed by atoms with Gasteiger partial charge in [0.2, 0.25) is 0 Å². The maximum absolute atomic E-state index is 13.4. The Labute approximate surface area is 225 Å². The van der Waals surface area contributed by atoms with E-state index in [2.05, 4.69) is 5.32 Å². The summed E-state index contributed by atoms with van der Waals surface area (Å²) < 4.78 is 11.0. The maximum atomic E-state index is 13.4. The van der Waals surface area contributed by atoms with Crippen LogP contribution in [0.1, 0.15) is 66.9 Å². The van der Waals surface area contributed by atoms with E-state index in [1.807, 2.05) is 56.5 Å². The van der Waals surface area contributed by atoms with E-state index in [9.17, 15) is 14.7 Å². The second kappa shape index (κ2) is 14.6. The summed E-state index contributed by atoms with van der Waals surface area (Å²) >= 11 is 1.61. The fraction of sp³-hybridized carbons (Fsp3) is 0.533. The number of hydrogen-bond donors (Lipinski definition) is 2. The Hall–Kier alpha value is -2.35. The fourth-order valence-corrected chi connectivity index (χ4v) is 5.50. The smallest absolute Gasteiger partial charge is 0.328 e. The third-order valence-electron chi connectivity index (χ3n) is 7.29. The molecule has 2 N–H and O–H groups in total. The van der Waals surface area contributed by atoms with Crippen LogP contribution in [-0.2, 0) is 20.9 Å². The lowest BCUT2D eigenvalue weighted by atomic mass is 9.83. The number of benzene rings is 2. The first kappa shape index (κ1) is 29.2. The van der Waals surface area contributed by atoms with Crippen LogP contribution in [0.2, 0.25) is 0 Å². The molecule has 1 saturated carbocycles. The highest BCUT2D eigenvalue weighted by atomic mass is 32.2. The zero-order valence-electron chi connectivity index (χ0n) is 22.5. The molecule has 3 atom stereocenters. The first-order valence-electron chi connectivity index (χ1n) is 13.2. The molecule has 0 aliphatic heterocycles. The number of rotatable bonds is 12. The monoisotopic (exact) mass is 527 g/mol. The molecular formula is C30H41NO5S. The summed E-state index contributed by atoms with van der Waals surface area (Å²) in [4.78, 5) is 25.7. The number of amides is 1. The van der Waals surface area contributed by atoms with Gasteiger partial charge in [0, 0.05) is 5.56 Å². The van der Waals surface area contributed by atoms with Crippen molar-refractivity contribution in [3.63, 3.8) is 0 Å². The van der Waals surface area contributed by atoms with Crippen molar-refractivity contribution in [2.45, 2.75) is 77.2 Å². The summed E-state index contributed by atoms with van der Waals surface area (Å²) in [6.07, 6.45) is 7.41. The molecule has 0 bridgehead atoms. The molecule has 2 aromatic rings. The summed E-state index contributed by atoms with van der Waals surface area (Å²) in [6, 6.07) is 12.9. The highest BCUT2D eigenvalue weighted by molar-refractivity contribution is 7.98. The minimum Gasteiger partial charge on any atom is -0.467 e.